The maximum absolute atomic E-state index is 13.4. The maximum Gasteiger partial charge on any atom is 0.413 e. The van der Waals surface area contributed by atoms with Gasteiger partial charge in [0.15, 0.2) is 0 Å². The summed E-state index contributed by atoms with van der Waals surface area (Å²) in [7, 11) is 1.19. The summed E-state index contributed by atoms with van der Waals surface area (Å²) in [5.41, 5.74) is 1.30. The first-order valence-electron chi connectivity index (χ1n) is 6.50. The van der Waals surface area contributed by atoms with Gasteiger partial charge in [-0.25, -0.2) is 9.18 Å². The molecule has 0 unspecified atom stereocenters. The fourth-order valence-corrected chi connectivity index (χ4v) is 2.40. The molecule has 6 heteroatoms. The molecule has 5 nitrogen and oxygen atoms in total. The number of halogens is 1. The lowest BCUT2D eigenvalue weighted by Gasteiger charge is -2.31. The minimum atomic E-state index is -0.806. The van der Waals surface area contributed by atoms with Crippen molar-refractivity contribution in [3.63, 3.8) is 0 Å². The Balaban J connectivity index is 2.30. The first-order valence-corrected chi connectivity index (χ1v) is 6.50. The van der Waals surface area contributed by atoms with Crippen LogP contribution >= 0.6 is 0 Å². The van der Waals surface area contributed by atoms with Gasteiger partial charge in [0.2, 0.25) is 5.91 Å². The molecule has 0 aliphatic carbocycles. The minimum Gasteiger partial charge on any atom is -0.453 e. The second kappa shape index (κ2) is 5.90. The predicted molar refractivity (Wildman–Crippen MR) is 72.0 cm³/mol. The summed E-state index contributed by atoms with van der Waals surface area (Å²) in [6.45, 7) is 2.00. The molecule has 2 N–H and O–H groups in total. The van der Waals surface area contributed by atoms with Crippen LogP contribution in [0.5, 0.6) is 0 Å². The minimum absolute atomic E-state index is 0.112. The molecule has 108 valence electrons. The monoisotopic (exact) mass is 280 g/mol. The number of imide groups is 1. The number of amides is 2. The van der Waals surface area contributed by atoms with Crippen LogP contribution in [0.15, 0.2) is 18.2 Å². The van der Waals surface area contributed by atoms with Crippen molar-refractivity contribution in [1.29, 1.82) is 0 Å². The number of carbonyl (C=O) groups excluding carboxylic acids is 2. The van der Waals surface area contributed by atoms with Crippen LogP contribution in [0.3, 0.4) is 0 Å². The number of hydrogen-bond donors (Lipinski definition) is 2. The predicted octanol–water partition coefficient (Wildman–Crippen LogP) is 2.39. The van der Waals surface area contributed by atoms with E-state index in [0.717, 1.165) is 12.1 Å². The molecular formula is C14H17FN2O3. The molecule has 1 aliphatic heterocycles. The number of hydrogen-bond acceptors (Lipinski definition) is 4. The van der Waals surface area contributed by atoms with Crippen molar-refractivity contribution in [3.05, 3.63) is 29.6 Å². The van der Waals surface area contributed by atoms with Crippen LogP contribution in [-0.2, 0) is 9.53 Å². The van der Waals surface area contributed by atoms with Crippen molar-refractivity contribution in [3.8, 4) is 0 Å². The van der Waals surface area contributed by atoms with Crippen molar-refractivity contribution < 1.29 is 18.7 Å². The summed E-state index contributed by atoms with van der Waals surface area (Å²) in [5.74, 6) is -1.44. The van der Waals surface area contributed by atoms with Gasteiger partial charge in [-0.1, -0.05) is 6.92 Å². The number of anilines is 1. The topological polar surface area (TPSA) is 67.4 Å². The van der Waals surface area contributed by atoms with Crippen molar-refractivity contribution in [2.75, 3.05) is 12.4 Å². The smallest absolute Gasteiger partial charge is 0.413 e. The third kappa shape index (κ3) is 2.89. The Labute approximate surface area is 116 Å². The van der Waals surface area contributed by atoms with E-state index in [0.29, 0.717) is 12.0 Å². The molecule has 0 saturated heterocycles. The van der Waals surface area contributed by atoms with Crippen LogP contribution in [-0.4, -0.2) is 25.2 Å². The lowest BCUT2D eigenvalue weighted by molar-refractivity contribution is -0.122. The van der Waals surface area contributed by atoms with Gasteiger partial charge < -0.3 is 10.1 Å². The molecule has 0 aromatic heterocycles. The fraction of sp³-hybridized carbons (Fsp3) is 0.429. The second-order valence-electron chi connectivity index (χ2n) is 4.75. The van der Waals surface area contributed by atoms with E-state index >= 15 is 0 Å². The van der Waals surface area contributed by atoms with Crippen LogP contribution in [0.25, 0.3) is 0 Å². The van der Waals surface area contributed by atoms with E-state index in [4.69, 9.17) is 0 Å². The van der Waals surface area contributed by atoms with Gasteiger partial charge in [0.25, 0.3) is 0 Å². The Morgan fingerprint density at radius 2 is 2.25 bits per heavy atom. The molecule has 0 saturated carbocycles. The number of alkyl carbamates (subject to hydrolysis) is 1. The number of ether oxygens (including phenoxy) is 1. The number of benzene rings is 1. The molecule has 1 aromatic carbocycles. The Hall–Kier alpha value is -2.11. The molecular weight excluding hydrogens is 263 g/mol. The van der Waals surface area contributed by atoms with Gasteiger partial charge in [0.05, 0.1) is 13.0 Å². The zero-order valence-electron chi connectivity index (χ0n) is 11.4. The number of nitrogens with one attached hydrogen (secondary N) is 2. The molecule has 0 spiro atoms. The third-order valence-electron chi connectivity index (χ3n) is 3.49. The highest BCUT2D eigenvalue weighted by atomic mass is 19.1. The summed E-state index contributed by atoms with van der Waals surface area (Å²) >= 11 is 0. The average Bonchev–Trinajstić information content (AvgIpc) is 2.45. The summed E-state index contributed by atoms with van der Waals surface area (Å²) in [5, 5.41) is 5.42. The first kappa shape index (κ1) is 14.3. The molecule has 0 radical (unpaired) electrons. The highest BCUT2D eigenvalue weighted by molar-refractivity contribution is 5.96. The summed E-state index contributed by atoms with van der Waals surface area (Å²) < 4.78 is 17.8. The number of fused-ring (bicyclic) bond motifs is 1. The lowest BCUT2D eigenvalue weighted by atomic mass is 9.85. The molecule has 0 fully saturated rings. The van der Waals surface area contributed by atoms with Crippen molar-refractivity contribution in [1.82, 2.24) is 5.32 Å². The zero-order valence-corrected chi connectivity index (χ0v) is 11.4. The highest BCUT2D eigenvalue weighted by Gasteiger charge is 2.32. The average molecular weight is 280 g/mol. The van der Waals surface area contributed by atoms with E-state index in [1.54, 1.807) is 6.07 Å². The van der Waals surface area contributed by atoms with Gasteiger partial charge in [-0.3, -0.25) is 10.1 Å². The largest absolute Gasteiger partial charge is 0.453 e. The van der Waals surface area contributed by atoms with E-state index < -0.39 is 23.7 Å². The molecule has 2 amide bonds. The molecule has 2 atom stereocenters. The van der Waals surface area contributed by atoms with Gasteiger partial charge in [0, 0.05) is 11.7 Å². The highest BCUT2D eigenvalue weighted by Crippen LogP contribution is 2.35. The molecule has 0 bridgehead atoms. The standard InChI is InChI=1S/C14H17FN2O3/c1-3-9-7-11(13(18)17-14(19)20-2)10-6-8(15)4-5-12(10)16-9/h4-6,9,11,16H,3,7H2,1-2H3,(H,17,18,19)/t9-,11+/m1/s1. The number of carbonyl (C=O) groups is 2. The van der Waals surface area contributed by atoms with Gasteiger partial charge >= 0.3 is 6.09 Å². The van der Waals surface area contributed by atoms with E-state index in [2.05, 4.69) is 15.4 Å². The maximum atomic E-state index is 13.4. The van der Waals surface area contributed by atoms with Crippen LogP contribution in [0.4, 0.5) is 14.9 Å². The van der Waals surface area contributed by atoms with E-state index in [1.165, 1.54) is 19.2 Å². The SMILES string of the molecule is CC[C@@H]1C[C@H](C(=O)NC(=O)OC)c2cc(F)ccc2N1. The number of methoxy groups -OCH3 is 1. The number of rotatable bonds is 2. The molecule has 20 heavy (non-hydrogen) atoms. The summed E-state index contributed by atoms with van der Waals surface area (Å²) in [4.78, 5) is 23.3. The first-order chi connectivity index (χ1) is 9.55. The molecule has 2 rings (SSSR count). The molecule has 1 aliphatic rings. The van der Waals surface area contributed by atoms with Crippen LogP contribution in [0, 0.1) is 5.82 Å². The van der Waals surface area contributed by atoms with Crippen LogP contribution < -0.4 is 10.6 Å². The lowest BCUT2D eigenvalue weighted by Crippen LogP contribution is -2.39. The quantitative estimate of drug-likeness (QED) is 0.873. The van der Waals surface area contributed by atoms with Crippen molar-refractivity contribution in [2.24, 2.45) is 0 Å². The molecule has 1 aromatic rings. The van der Waals surface area contributed by atoms with Gasteiger partial charge in [-0.05, 0) is 36.6 Å². The van der Waals surface area contributed by atoms with Gasteiger partial charge in [0.1, 0.15) is 5.82 Å². The van der Waals surface area contributed by atoms with Crippen LogP contribution in [0.1, 0.15) is 31.2 Å². The second-order valence-corrected chi connectivity index (χ2v) is 4.75. The van der Waals surface area contributed by atoms with Crippen molar-refractivity contribution in [2.45, 2.75) is 31.7 Å². The normalized spacial score (nSPS) is 20.6. The Morgan fingerprint density at radius 1 is 1.50 bits per heavy atom. The van der Waals surface area contributed by atoms with E-state index in [9.17, 15) is 14.0 Å². The van der Waals surface area contributed by atoms with E-state index in [-0.39, 0.29) is 6.04 Å². The van der Waals surface area contributed by atoms with E-state index in [1.807, 2.05) is 6.92 Å². The Kier molecular flexibility index (Phi) is 4.22. The Bertz CT molecular complexity index is 533. The molecule has 1 heterocycles. The summed E-state index contributed by atoms with van der Waals surface area (Å²) in [6, 6.07) is 4.40. The summed E-state index contributed by atoms with van der Waals surface area (Å²) in [6.07, 6.45) is 0.536. The van der Waals surface area contributed by atoms with Crippen molar-refractivity contribution >= 4 is 17.7 Å². The Morgan fingerprint density at radius 3 is 2.90 bits per heavy atom. The van der Waals surface area contributed by atoms with Gasteiger partial charge in [-0.15, -0.1) is 0 Å². The zero-order chi connectivity index (χ0) is 14.7. The van der Waals surface area contributed by atoms with Crippen LogP contribution in [0.2, 0.25) is 0 Å². The fourth-order valence-electron chi connectivity index (χ4n) is 2.40. The van der Waals surface area contributed by atoms with Gasteiger partial charge in [-0.2, -0.15) is 0 Å². The third-order valence-corrected chi connectivity index (χ3v) is 3.49.